The summed E-state index contributed by atoms with van der Waals surface area (Å²) in [5.74, 6) is -4.55. The molecule has 1 aromatic heterocycles. The molecule has 1 heterocycles. The zero-order valence-electron chi connectivity index (χ0n) is 17.5. The number of nitrogens with one attached hydrogen (secondary N) is 4. The molecule has 1 aromatic rings. The largest absolute Gasteiger partial charge is 0.480 e. The maximum atomic E-state index is 12.8. The first-order valence-electron chi connectivity index (χ1n) is 9.57. The number of nitrogens with two attached hydrogens (primary N) is 2. The first-order valence-corrected chi connectivity index (χ1v) is 9.57. The van der Waals surface area contributed by atoms with Gasteiger partial charge in [-0.1, -0.05) is 13.8 Å². The number of hydrogen-bond acceptors (Lipinski definition) is 7. The van der Waals surface area contributed by atoms with E-state index in [1.807, 2.05) is 0 Å². The second-order valence-electron chi connectivity index (χ2n) is 7.42. The number of H-pyrrole nitrogens is 1. The zero-order chi connectivity index (χ0) is 23.7. The van der Waals surface area contributed by atoms with Crippen LogP contribution in [0, 0.1) is 5.92 Å². The van der Waals surface area contributed by atoms with Crippen molar-refractivity contribution in [3.05, 3.63) is 18.2 Å². The van der Waals surface area contributed by atoms with Gasteiger partial charge in [0.25, 0.3) is 0 Å². The lowest BCUT2D eigenvalue weighted by Gasteiger charge is -2.26. The quantitative estimate of drug-likeness (QED) is 0.182. The Bertz CT molecular complexity index is 795. The van der Waals surface area contributed by atoms with E-state index in [9.17, 15) is 24.0 Å². The molecular formula is C18H29N7O6. The summed E-state index contributed by atoms with van der Waals surface area (Å²) in [7, 11) is 0. The smallest absolute Gasteiger partial charge is 0.325 e. The fourth-order valence-electron chi connectivity index (χ4n) is 2.57. The molecule has 0 saturated heterocycles. The van der Waals surface area contributed by atoms with Crippen LogP contribution in [0.4, 0.5) is 0 Å². The summed E-state index contributed by atoms with van der Waals surface area (Å²) >= 11 is 0. The van der Waals surface area contributed by atoms with Crippen molar-refractivity contribution in [3.8, 4) is 0 Å². The fourth-order valence-corrected chi connectivity index (χ4v) is 2.57. The molecule has 0 aliphatic heterocycles. The fraction of sp³-hybridized carbons (Fsp3) is 0.556. The number of amides is 4. The lowest BCUT2D eigenvalue weighted by atomic mass is 10.0. The second-order valence-corrected chi connectivity index (χ2v) is 7.42. The van der Waals surface area contributed by atoms with Crippen molar-refractivity contribution in [2.75, 3.05) is 0 Å². The summed E-state index contributed by atoms with van der Waals surface area (Å²) in [6.45, 7) is 4.62. The van der Waals surface area contributed by atoms with Gasteiger partial charge in [0.2, 0.25) is 23.6 Å². The van der Waals surface area contributed by atoms with Crippen molar-refractivity contribution in [2.45, 2.75) is 57.8 Å². The summed E-state index contributed by atoms with van der Waals surface area (Å²) in [5, 5.41) is 16.3. The lowest BCUT2D eigenvalue weighted by molar-refractivity contribution is -0.141. The Labute approximate surface area is 178 Å². The van der Waals surface area contributed by atoms with E-state index >= 15 is 0 Å². The van der Waals surface area contributed by atoms with E-state index in [1.54, 1.807) is 13.8 Å². The van der Waals surface area contributed by atoms with E-state index in [1.165, 1.54) is 19.4 Å². The Hall–Kier alpha value is -3.48. The SMILES string of the molecule is CC(NC(=O)C(Cc1cnc[nH]1)NC(=O)C(NC(=O)C(N)CC(N)=O)C(C)C)C(=O)O. The molecule has 172 valence electrons. The van der Waals surface area contributed by atoms with Crippen molar-refractivity contribution in [2.24, 2.45) is 17.4 Å². The van der Waals surface area contributed by atoms with E-state index in [4.69, 9.17) is 16.6 Å². The zero-order valence-corrected chi connectivity index (χ0v) is 17.5. The molecule has 0 fully saturated rings. The summed E-state index contributed by atoms with van der Waals surface area (Å²) in [4.78, 5) is 66.3. The van der Waals surface area contributed by atoms with Gasteiger partial charge in [-0.05, 0) is 12.8 Å². The molecule has 13 nitrogen and oxygen atoms in total. The topological polar surface area (TPSA) is 222 Å². The van der Waals surface area contributed by atoms with Crippen LogP contribution in [0.15, 0.2) is 12.5 Å². The Balaban J connectivity index is 2.96. The number of aromatic nitrogens is 2. The molecule has 0 radical (unpaired) electrons. The number of aliphatic carboxylic acids is 1. The van der Waals surface area contributed by atoms with E-state index in [-0.39, 0.29) is 6.42 Å². The third-order valence-corrected chi connectivity index (χ3v) is 4.35. The van der Waals surface area contributed by atoms with Gasteiger partial charge in [-0.15, -0.1) is 0 Å². The van der Waals surface area contributed by atoms with E-state index in [2.05, 4.69) is 25.9 Å². The van der Waals surface area contributed by atoms with Gasteiger partial charge in [-0.2, -0.15) is 0 Å². The van der Waals surface area contributed by atoms with Crippen molar-refractivity contribution in [1.82, 2.24) is 25.9 Å². The number of imidazole rings is 1. The van der Waals surface area contributed by atoms with Crippen LogP contribution in [0.3, 0.4) is 0 Å². The highest BCUT2D eigenvalue weighted by atomic mass is 16.4. The molecule has 0 aromatic carbocycles. The van der Waals surface area contributed by atoms with Crippen LogP contribution in [-0.2, 0) is 30.4 Å². The van der Waals surface area contributed by atoms with Crippen molar-refractivity contribution in [3.63, 3.8) is 0 Å². The Morgan fingerprint density at radius 1 is 1.06 bits per heavy atom. The van der Waals surface area contributed by atoms with Gasteiger partial charge in [0.05, 0.1) is 18.8 Å². The van der Waals surface area contributed by atoms with Crippen LogP contribution >= 0.6 is 0 Å². The monoisotopic (exact) mass is 439 g/mol. The van der Waals surface area contributed by atoms with Gasteiger partial charge in [0, 0.05) is 18.3 Å². The summed E-state index contributed by atoms with van der Waals surface area (Å²) < 4.78 is 0. The average molecular weight is 439 g/mol. The number of carboxylic acids is 1. The normalized spacial score (nSPS) is 14.7. The molecule has 0 bridgehead atoms. The van der Waals surface area contributed by atoms with Crippen LogP contribution in [0.2, 0.25) is 0 Å². The second kappa shape index (κ2) is 11.6. The molecule has 0 saturated carbocycles. The maximum Gasteiger partial charge on any atom is 0.325 e. The summed E-state index contributed by atoms with van der Waals surface area (Å²) in [6, 6.07) is -4.62. The Kier molecular flexibility index (Phi) is 9.60. The Morgan fingerprint density at radius 2 is 1.71 bits per heavy atom. The first kappa shape index (κ1) is 25.6. The van der Waals surface area contributed by atoms with Crippen LogP contribution in [0.25, 0.3) is 0 Å². The number of hydrogen-bond donors (Lipinski definition) is 7. The molecule has 4 unspecified atom stereocenters. The minimum absolute atomic E-state index is 0.00383. The van der Waals surface area contributed by atoms with Gasteiger partial charge in [-0.3, -0.25) is 24.0 Å². The number of carbonyl (C=O) groups excluding carboxylic acids is 4. The number of aromatic amines is 1. The molecule has 13 heteroatoms. The van der Waals surface area contributed by atoms with Crippen LogP contribution in [-0.4, -0.2) is 68.8 Å². The van der Waals surface area contributed by atoms with Crippen molar-refractivity contribution < 1.29 is 29.1 Å². The van der Waals surface area contributed by atoms with Gasteiger partial charge < -0.3 is 37.5 Å². The standard InChI is InChI=1S/C18H29N7O6/c1-8(2)14(25-15(27)11(19)5-13(20)26)17(29)24-12(4-10-6-21-7-22-10)16(28)23-9(3)18(30)31/h6-9,11-12,14H,4-5,19H2,1-3H3,(H2,20,26)(H,21,22)(H,23,28)(H,24,29)(H,25,27)(H,30,31). The summed E-state index contributed by atoms with van der Waals surface area (Å²) in [5.41, 5.74) is 11.2. The highest BCUT2D eigenvalue weighted by Crippen LogP contribution is 2.06. The molecule has 0 aliphatic rings. The third kappa shape index (κ3) is 8.42. The lowest BCUT2D eigenvalue weighted by Crippen LogP contribution is -2.58. The molecule has 31 heavy (non-hydrogen) atoms. The molecule has 4 amide bonds. The molecule has 4 atom stereocenters. The summed E-state index contributed by atoms with van der Waals surface area (Å²) in [6.07, 6.45) is 2.46. The molecule has 0 aliphatic carbocycles. The highest BCUT2D eigenvalue weighted by Gasteiger charge is 2.31. The number of nitrogens with zero attached hydrogens (tertiary/aromatic N) is 1. The van der Waals surface area contributed by atoms with Gasteiger partial charge in [0.1, 0.15) is 18.1 Å². The van der Waals surface area contributed by atoms with Crippen LogP contribution < -0.4 is 27.4 Å². The van der Waals surface area contributed by atoms with E-state index in [0.29, 0.717) is 5.69 Å². The Morgan fingerprint density at radius 3 is 2.19 bits per heavy atom. The molecule has 9 N–H and O–H groups in total. The number of carboxylic acid groups (broad SMARTS) is 1. The van der Waals surface area contributed by atoms with E-state index in [0.717, 1.165) is 0 Å². The minimum Gasteiger partial charge on any atom is -0.480 e. The average Bonchev–Trinajstić information content (AvgIpc) is 3.17. The van der Waals surface area contributed by atoms with Gasteiger partial charge in [0.15, 0.2) is 0 Å². The molecular weight excluding hydrogens is 410 g/mol. The van der Waals surface area contributed by atoms with E-state index < -0.39 is 66.1 Å². The highest BCUT2D eigenvalue weighted by molar-refractivity contribution is 5.95. The predicted octanol–water partition coefficient (Wildman–Crippen LogP) is -2.63. The first-order chi connectivity index (χ1) is 14.4. The van der Waals surface area contributed by atoms with Crippen molar-refractivity contribution in [1.29, 1.82) is 0 Å². The van der Waals surface area contributed by atoms with Gasteiger partial charge in [-0.25, -0.2) is 4.98 Å². The maximum absolute atomic E-state index is 12.8. The van der Waals surface area contributed by atoms with Crippen LogP contribution in [0.5, 0.6) is 0 Å². The predicted molar refractivity (Wildman–Crippen MR) is 108 cm³/mol. The number of rotatable bonds is 12. The van der Waals surface area contributed by atoms with Crippen LogP contribution in [0.1, 0.15) is 32.9 Å². The number of primary amides is 1. The minimum atomic E-state index is -1.24. The third-order valence-electron chi connectivity index (χ3n) is 4.35. The molecule has 0 spiro atoms. The number of carbonyl (C=O) groups is 5. The van der Waals surface area contributed by atoms with Crippen molar-refractivity contribution >= 4 is 29.6 Å². The van der Waals surface area contributed by atoms with Gasteiger partial charge >= 0.3 is 5.97 Å². The molecule has 1 rings (SSSR count).